The number of pyridine rings is 1. The molecule has 1 aromatic carbocycles. The molecule has 1 N–H and O–H groups in total. The lowest BCUT2D eigenvalue weighted by Gasteiger charge is -2.28. The van der Waals surface area contributed by atoms with E-state index in [1.54, 1.807) is 0 Å². The van der Waals surface area contributed by atoms with Gasteiger partial charge in [-0.3, -0.25) is 0 Å². The number of hydrogen-bond acceptors (Lipinski definition) is 3. The quantitative estimate of drug-likeness (QED) is 0.921. The molecule has 3 nitrogen and oxygen atoms in total. The van der Waals surface area contributed by atoms with Crippen LogP contribution in [0.25, 0.3) is 0 Å². The smallest absolute Gasteiger partial charge is 0.128 e. The highest BCUT2D eigenvalue weighted by molar-refractivity contribution is 5.41. The Bertz CT molecular complexity index is 533. The van der Waals surface area contributed by atoms with E-state index < -0.39 is 0 Å². The predicted molar refractivity (Wildman–Crippen MR) is 83.2 cm³/mol. The van der Waals surface area contributed by atoms with E-state index in [0.29, 0.717) is 0 Å². The number of piperazine rings is 1. The molecule has 0 radical (unpaired) electrons. The van der Waals surface area contributed by atoms with Gasteiger partial charge in [-0.2, -0.15) is 0 Å². The second-order valence-electron chi connectivity index (χ2n) is 5.24. The minimum atomic E-state index is 1.05. The molecule has 1 aromatic heterocycles. The van der Waals surface area contributed by atoms with Crippen molar-refractivity contribution in [3.05, 3.63) is 59.8 Å². The van der Waals surface area contributed by atoms with Gasteiger partial charge in [0.25, 0.3) is 0 Å². The zero-order chi connectivity index (χ0) is 13.6. The van der Waals surface area contributed by atoms with Crippen LogP contribution < -0.4 is 10.2 Å². The molecular weight excluding hydrogens is 246 g/mol. The number of rotatable bonds is 4. The largest absolute Gasteiger partial charge is 0.354 e. The van der Waals surface area contributed by atoms with Crippen LogP contribution in [0.3, 0.4) is 0 Å². The molecule has 3 rings (SSSR count). The van der Waals surface area contributed by atoms with Crippen molar-refractivity contribution < 1.29 is 0 Å². The second kappa shape index (κ2) is 6.53. The van der Waals surface area contributed by atoms with Crippen LogP contribution in [-0.2, 0) is 12.8 Å². The number of nitrogens with one attached hydrogen (secondary N) is 1. The fraction of sp³-hybridized carbons (Fsp3) is 0.353. The van der Waals surface area contributed by atoms with E-state index in [9.17, 15) is 0 Å². The lowest BCUT2D eigenvalue weighted by molar-refractivity contribution is 0.584. The summed E-state index contributed by atoms with van der Waals surface area (Å²) in [4.78, 5) is 6.88. The van der Waals surface area contributed by atoms with Gasteiger partial charge in [-0.25, -0.2) is 4.98 Å². The van der Waals surface area contributed by atoms with Crippen molar-refractivity contribution in [1.82, 2.24) is 10.3 Å². The summed E-state index contributed by atoms with van der Waals surface area (Å²) in [7, 11) is 0. The van der Waals surface area contributed by atoms with Crippen molar-refractivity contribution in [1.29, 1.82) is 0 Å². The van der Waals surface area contributed by atoms with Crippen LogP contribution in [-0.4, -0.2) is 31.2 Å². The number of nitrogens with zero attached hydrogens (tertiary/aromatic N) is 2. The van der Waals surface area contributed by atoms with E-state index >= 15 is 0 Å². The van der Waals surface area contributed by atoms with Crippen LogP contribution in [0.15, 0.2) is 48.7 Å². The van der Waals surface area contributed by atoms with Crippen molar-refractivity contribution in [2.45, 2.75) is 12.8 Å². The summed E-state index contributed by atoms with van der Waals surface area (Å²) in [5.74, 6) is 1.12. The third-order valence-corrected chi connectivity index (χ3v) is 3.80. The topological polar surface area (TPSA) is 28.2 Å². The molecule has 0 atom stereocenters. The van der Waals surface area contributed by atoms with E-state index in [1.165, 1.54) is 11.1 Å². The van der Waals surface area contributed by atoms with Crippen molar-refractivity contribution in [2.24, 2.45) is 0 Å². The van der Waals surface area contributed by atoms with Crippen LogP contribution >= 0.6 is 0 Å². The summed E-state index contributed by atoms with van der Waals surface area (Å²) in [6, 6.07) is 15.0. The van der Waals surface area contributed by atoms with Crippen molar-refractivity contribution in [3.8, 4) is 0 Å². The maximum absolute atomic E-state index is 4.52. The Hall–Kier alpha value is -1.87. The van der Waals surface area contributed by atoms with E-state index in [2.05, 4.69) is 57.7 Å². The number of anilines is 1. The molecule has 1 aliphatic rings. The molecular formula is C17H21N3. The van der Waals surface area contributed by atoms with Gasteiger partial charge >= 0.3 is 0 Å². The molecule has 0 spiro atoms. The highest BCUT2D eigenvalue weighted by Crippen LogP contribution is 2.15. The molecule has 0 unspecified atom stereocenters. The fourth-order valence-electron chi connectivity index (χ4n) is 2.62. The van der Waals surface area contributed by atoms with Gasteiger partial charge in [0.05, 0.1) is 0 Å². The van der Waals surface area contributed by atoms with Gasteiger partial charge in [-0.1, -0.05) is 30.3 Å². The summed E-state index contributed by atoms with van der Waals surface area (Å²) in [6.07, 6.45) is 4.11. The van der Waals surface area contributed by atoms with E-state index in [4.69, 9.17) is 0 Å². The summed E-state index contributed by atoms with van der Waals surface area (Å²) in [6.45, 7) is 4.20. The lowest BCUT2D eigenvalue weighted by atomic mass is 10.1. The van der Waals surface area contributed by atoms with E-state index in [-0.39, 0.29) is 0 Å². The Morgan fingerprint density at radius 1 is 0.950 bits per heavy atom. The number of benzene rings is 1. The second-order valence-corrected chi connectivity index (χ2v) is 5.24. The van der Waals surface area contributed by atoms with Gasteiger partial charge in [0, 0.05) is 32.4 Å². The van der Waals surface area contributed by atoms with Crippen molar-refractivity contribution in [3.63, 3.8) is 0 Å². The first-order valence-electron chi connectivity index (χ1n) is 7.36. The lowest BCUT2D eigenvalue weighted by Crippen LogP contribution is -2.43. The number of aryl methyl sites for hydroxylation is 2. The third-order valence-electron chi connectivity index (χ3n) is 3.80. The summed E-state index contributed by atoms with van der Waals surface area (Å²) in [5.41, 5.74) is 2.77. The van der Waals surface area contributed by atoms with Gasteiger partial charge in [0.15, 0.2) is 0 Å². The highest BCUT2D eigenvalue weighted by atomic mass is 15.2. The molecule has 1 fully saturated rings. The SMILES string of the molecule is c1ccc(CCc2ccnc(N3CCNCC3)c2)cc1. The third kappa shape index (κ3) is 3.36. The van der Waals surface area contributed by atoms with Gasteiger partial charge in [0.1, 0.15) is 5.82 Å². The van der Waals surface area contributed by atoms with Crippen molar-refractivity contribution in [2.75, 3.05) is 31.1 Å². The van der Waals surface area contributed by atoms with Gasteiger partial charge in [-0.05, 0) is 36.1 Å². The zero-order valence-electron chi connectivity index (χ0n) is 11.8. The molecule has 2 heterocycles. The van der Waals surface area contributed by atoms with Crippen LogP contribution in [0.5, 0.6) is 0 Å². The number of aromatic nitrogens is 1. The van der Waals surface area contributed by atoms with Crippen LogP contribution in [0.1, 0.15) is 11.1 Å². The van der Waals surface area contributed by atoms with E-state index in [1.807, 2.05) is 6.20 Å². The standard InChI is InChI=1S/C17H21N3/c1-2-4-15(5-3-1)6-7-16-8-9-19-17(14-16)20-12-10-18-11-13-20/h1-5,8-9,14,18H,6-7,10-13H2. The minimum Gasteiger partial charge on any atom is -0.354 e. The normalized spacial score (nSPS) is 15.3. The molecule has 1 saturated heterocycles. The molecule has 3 heteroatoms. The summed E-state index contributed by atoms with van der Waals surface area (Å²) < 4.78 is 0. The van der Waals surface area contributed by atoms with Gasteiger partial charge in [-0.15, -0.1) is 0 Å². The molecule has 20 heavy (non-hydrogen) atoms. The molecule has 0 bridgehead atoms. The first-order valence-corrected chi connectivity index (χ1v) is 7.36. The molecule has 0 aliphatic carbocycles. The van der Waals surface area contributed by atoms with Crippen molar-refractivity contribution >= 4 is 5.82 Å². The predicted octanol–water partition coefficient (Wildman–Crippen LogP) is 2.28. The Morgan fingerprint density at radius 3 is 2.50 bits per heavy atom. The minimum absolute atomic E-state index is 1.05. The molecule has 104 valence electrons. The fourth-order valence-corrected chi connectivity index (χ4v) is 2.62. The van der Waals surface area contributed by atoms with Crippen LogP contribution in [0.4, 0.5) is 5.82 Å². The summed E-state index contributed by atoms with van der Waals surface area (Å²) in [5, 5.41) is 3.38. The maximum Gasteiger partial charge on any atom is 0.128 e. The first kappa shape index (κ1) is 13.1. The monoisotopic (exact) mass is 267 g/mol. The average Bonchev–Trinajstić information content (AvgIpc) is 2.55. The van der Waals surface area contributed by atoms with Gasteiger partial charge < -0.3 is 10.2 Å². The van der Waals surface area contributed by atoms with E-state index in [0.717, 1.165) is 44.8 Å². The Balaban J connectivity index is 1.65. The molecule has 2 aromatic rings. The Morgan fingerprint density at radius 2 is 1.70 bits per heavy atom. The van der Waals surface area contributed by atoms with Gasteiger partial charge in [0.2, 0.25) is 0 Å². The maximum atomic E-state index is 4.52. The number of hydrogen-bond donors (Lipinski definition) is 1. The molecule has 1 aliphatic heterocycles. The average molecular weight is 267 g/mol. The van der Waals surface area contributed by atoms with Crippen LogP contribution in [0.2, 0.25) is 0 Å². The Labute approximate surface area is 120 Å². The first-order chi connectivity index (χ1) is 9.92. The summed E-state index contributed by atoms with van der Waals surface area (Å²) >= 11 is 0. The highest BCUT2D eigenvalue weighted by Gasteiger charge is 2.11. The molecule has 0 saturated carbocycles. The Kier molecular flexibility index (Phi) is 4.28. The zero-order valence-corrected chi connectivity index (χ0v) is 11.8. The molecule has 0 amide bonds. The van der Waals surface area contributed by atoms with Crippen LogP contribution in [0, 0.1) is 0 Å².